The predicted octanol–water partition coefficient (Wildman–Crippen LogP) is 1.16. The van der Waals surface area contributed by atoms with Gasteiger partial charge < -0.3 is 5.73 Å². The van der Waals surface area contributed by atoms with Crippen LogP contribution in [0, 0.1) is 0 Å². The Morgan fingerprint density at radius 1 is 0.895 bits per heavy atom. The Labute approximate surface area is 110 Å². The van der Waals surface area contributed by atoms with Gasteiger partial charge in [-0.15, -0.1) is 0 Å². The van der Waals surface area contributed by atoms with Crippen molar-refractivity contribution in [1.29, 1.82) is 0 Å². The molecule has 0 spiro atoms. The number of carbonyl (C=O) groups is 2. The Kier molecular flexibility index (Phi) is 2.47. The number of benzene rings is 2. The lowest BCUT2D eigenvalue weighted by Gasteiger charge is -2.34. The number of imide groups is 1. The molecule has 4 nitrogen and oxygen atoms in total. The molecule has 2 aromatic rings. The van der Waals surface area contributed by atoms with Crippen LogP contribution in [0.3, 0.4) is 0 Å². The van der Waals surface area contributed by atoms with Crippen molar-refractivity contribution < 1.29 is 9.59 Å². The van der Waals surface area contributed by atoms with Crippen LogP contribution in [-0.4, -0.2) is 11.8 Å². The molecular weight excluding hydrogens is 240 g/mol. The molecule has 1 atom stereocenters. The Bertz CT molecular complexity index is 667. The van der Waals surface area contributed by atoms with Gasteiger partial charge in [-0.2, -0.15) is 0 Å². The van der Waals surface area contributed by atoms with Crippen LogP contribution in [0.25, 0.3) is 0 Å². The molecule has 1 aliphatic heterocycles. The van der Waals surface area contributed by atoms with Crippen LogP contribution >= 0.6 is 0 Å². The lowest BCUT2D eigenvalue weighted by molar-refractivity contribution is -0.124. The molecule has 3 rings (SSSR count). The van der Waals surface area contributed by atoms with Crippen LogP contribution in [0.1, 0.15) is 21.5 Å². The third-order valence-corrected chi connectivity index (χ3v) is 3.41. The van der Waals surface area contributed by atoms with Crippen molar-refractivity contribution in [1.82, 2.24) is 5.32 Å². The van der Waals surface area contributed by atoms with Gasteiger partial charge >= 0.3 is 0 Å². The summed E-state index contributed by atoms with van der Waals surface area (Å²) >= 11 is 0. The van der Waals surface area contributed by atoms with Gasteiger partial charge in [0.25, 0.3) is 11.8 Å². The van der Waals surface area contributed by atoms with Crippen molar-refractivity contribution in [2.75, 3.05) is 0 Å². The predicted molar refractivity (Wildman–Crippen MR) is 70.3 cm³/mol. The highest BCUT2D eigenvalue weighted by Gasteiger charge is 2.44. The van der Waals surface area contributed by atoms with Crippen molar-refractivity contribution in [2.45, 2.75) is 5.54 Å². The fourth-order valence-corrected chi connectivity index (χ4v) is 2.40. The summed E-state index contributed by atoms with van der Waals surface area (Å²) in [5, 5.41) is 2.32. The molecule has 94 valence electrons. The van der Waals surface area contributed by atoms with Crippen molar-refractivity contribution in [2.24, 2.45) is 5.73 Å². The maximum absolute atomic E-state index is 12.2. The van der Waals surface area contributed by atoms with E-state index in [2.05, 4.69) is 5.32 Å². The van der Waals surface area contributed by atoms with Gasteiger partial charge in [-0.1, -0.05) is 48.5 Å². The Hall–Kier alpha value is -2.46. The van der Waals surface area contributed by atoms with Crippen LogP contribution in [-0.2, 0) is 10.3 Å². The number of amides is 2. The lowest BCUT2D eigenvalue weighted by atomic mass is 9.78. The van der Waals surface area contributed by atoms with E-state index < -0.39 is 17.4 Å². The summed E-state index contributed by atoms with van der Waals surface area (Å²) < 4.78 is 0. The molecule has 2 amide bonds. The maximum atomic E-state index is 12.2. The van der Waals surface area contributed by atoms with E-state index in [1.54, 1.807) is 36.4 Å². The summed E-state index contributed by atoms with van der Waals surface area (Å²) in [5.41, 5.74) is 6.64. The fraction of sp³-hybridized carbons (Fsp3) is 0.0667. The summed E-state index contributed by atoms with van der Waals surface area (Å²) in [6, 6.07) is 16.0. The number of carbonyl (C=O) groups excluding carboxylic acids is 2. The molecule has 0 saturated heterocycles. The molecule has 1 unspecified atom stereocenters. The average molecular weight is 252 g/mol. The van der Waals surface area contributed by atoms with E-state index in [0.717, 1.165) is 0 Å². The second-order valence-corrected chi connectivity index (χ2v) is 4.50. The largest absolute Gasteiger partial charge is 0.310 e. The number of nitrogens with one attached hydrogen (secondary N) is 1. The highest BCUT2D eigenvalue weighted by molar-refractivity contribution is 6.14. The molecule has 1 aliphatic rings. The van der Waals surface area contributed by atoms with E-state index >= 15 is 0 Å². The lowest BCUT2D eigenvalue weighted by Crippen LogP contribution is -2.57. The van der Waals surface area contributed by atoms with Crippen LogP contribution in [0.5, 0.6) is 0 Å². The normalized spacial score (nSPS) is 21.7. The minimum absolute atomic E-state index is 0.405. The van der Waals surface area contributed by atoms with Crippen LogP contribution in [0.15, 0.2) is 54.6 Å². The molecule has 0 saturated carbocycles. The van der Waals surface area contributed by atoms with Crippen molar-refractivity contribution in [3.63, 3.8) is 0 Å². The van der Waals surface area contributed by atoms with Gasteiger partial charge in [0.15, 0.2) is 0 Å². The van der Waals surface area contributed by atoms with Gasteiger partial charge in [-0.25, -0.2) is 0 Å². The zero-order chi connectivity index (χ0) is 13.5. The maximum Gasteiger partial charge on any atom is 0.258 e. The minimum atomic E-state index is -1.33. The number of fused-ring (bicyclic) bond motifs is 1. The van der Waals surface area contributed by atoms with Crippen molar-refractivity contribution in [3.05, 3.63) is 71.3 Å². The van der Waals surface area contributed by atoms with E-state index in [1.165, 1.54) is 0 Å². The average Bonchev–Trinajstić information content (AvgIpc) is 2.46. The van der Waals surface area contributed by atoms with Gasteiger partial charge in [-0.3, -0.25) is 14.9 Å². The molecule has 0 aliphatic carbocycles. The number of hydrogen-bond acceptors (Lipinski definition) is 3. The molecular formula is C15H12N2O2. The first-order chi connectivity index (χ1) is 9.14. The van der Waals surface area contributed by atoms with Gasteiger partial charge in [0.2, 0.25) is 0 Å². The topological polar surface area (TPSA) is 72.2 Å². The van der Waals surface area contributed by atoms with Crippen LogP contribution < -0.4 is 11.1 Å². The smallest absolute Gasteiger partial charge is 0.258 e. The quantitative estimate of drug-likeness (QED) is 0.748. The third-order valence-electron chi connectivity index (χ3n) is 3.41. The minimum Gasteiger partial charge on any atom is -0.310 e. The first kappa shape index (κ1) is 11.6. The van der Waals surface area contributed by atoms with Gasteiger partial charge in [0, 0.05) is 5.56 Å². The molecule has 1 heterocycles. The first-order valence-corrected chi connectivity index (χ1v) is 5.93. The molecule has 3 N–H and O–H groups in total. The summed E-state index contributed by atoms with van der Waals surface area (Å²) in [5.74, 6) is -0.903. The number of hydrogen-bond donors (Lipinski definition) is 2. The molecule has 0 fully saturated rings. The van der Waals surface area contributed by atoms with Crippen molar-refractivity contribution >= 4 is 11.8 Å². The monoisotopic (exact) mass is 252 g/mol. The molecule has 4 heteroatoms. The fourth-order valence-electron chi connectivity index (χ4n) is 2.40. The van der Waals surface area contributed by atoms with Gasteiger partial charge in [0.1, 0.15) is 5.54 Å². The second kappa shape index (κ2) is 4.03. The molecule has 0 aromatic heterocycles. The number of nitrogens with two attached hydrogens (primary N) is 1. The number of rotatable bonds is 1. The van der Waals surface area contributed by atoms with Crippen LogP contribution in [0.2, 0.25) is 0 Å². The first-order valence-electron chi connectivity index (χ1n) is 5.93. The summed E-state index contributed by atoms with van der Waals surface area (Å²) in [7, 11) is 0. The summed E-state index contributed by atoms with van der Waals surface area (Å²) in [6.45, 7) is 0. The summed E-state index contributed by atoms with van der Waals surface area (Å²) in [6.07, 6.45) is 0. The highest BCUT2D eigenvalue weighted by atomic mass is 16.2. The van der Waals surface area contributed by atoms with E-state index in [9.17, 15) is 9.59 Å². The van der Waals surface area contributed by atoms with E-state index in [4.69, 9.17) is 5.73 Å². The Morgan fingerprint density at radius 2 is 1.53 bits per heavy atom. The van der Waals surface area contributed by atoms with E-state index in [1.807, 2.05) is 18.2 Å². The van der Waals surface area contributed by atoms with Crippen molar-refractivity contribution in [3.8, 4) is 0 Å². The Balaban J connectivity index is 2.29. The molecule has 0 radical (unpaired) electrons. The molecule has 2 aromatic carbocycles. The highest BCUT2D eigenvalue weighted by Crippen LogP contribution is 2.32. The molecule has 19 heavy (non-hydrogen) atoms. The second-order valence-electron chi connectivity index (χ2n) is 4.50. The van der Waals surface area contributed by atoms with E-state index in [0.29, 0.717) is 16.7 Å². The van der Waals surface area contributed by atoms with E-state index in [-0.39, 0.29) is 0 Å². The Morgan fingerprint density at radius 3 is 2.26 bits per heavy atom. The SMILES string of the molecule is NC1(c2ccccc2)C(=O)NC(=O)c2ccccc21. The standard InChI is InChI=1S/C15H12N2O2/c16-15(10-6-2-1-3-7-10)12-9-5-4-8-11(12)13(18)17-14(15)19/h1-9H,16H2,(H,17,18,19). The van der Waals surface area contributed by atoms with Gasteiger partial charge in [-0.05, 0) is 17.2 Å². The third kappa shape index (κ3) is 1.57. The summed E-state index contributed by atoms with van der Waals surface area (Å²) in [4.78, 5) is 24.1. The van der Waals surface area contributed by atoms with Gasteiger partial charge in [0.05, 0.1) is 0 Å². The zero-order valence-electron chi connectivity index (χ0n) is 10.1. The van der Waals surface area contributed by atoms with Crippen LogP contribution in [0.4, 0.5) is 0 Å². The molecule has 0 bridgehead atoms. The zero-order valence-corrected chi connectivity index (χ0v) is 10.1.